The number of aliphatic hydroxyl groups excluding tert-OH is 2. The van der Waals surface area contributed by atoms with Crippen LogP contribution in [-0.4, -0.2) is 65.7 Å². The topological polar surface area (TPSA) is 149 Å². The fraction of sp³-hybridized carbons (Fsp3) is 0.696. The molecule has 0 saturated heterocycles. The first-order valence-corrected chi connectivity index (χ1v) is 23.4. The van der Waals surface area contributed by atoms with Crippen LogP contribution in [0.4, 0.5) is 0 Å². The molecule has 0 bridgehead atoms. The second-order valence-corrected chi connectivity index (χ2v) is 15.8. The van der Waals surface area contributed by atoms with Gasteiger partial charge in [-0.25, -0.2) is 4.57 Å². The largest absolute Gasteiger partial charge is 0.472 e. The highest BCUT2D eigenvalue weighted by Gasteiger charge is 2.27. The van der Waals surface area contributed by atoms with Crippen molar-refractivity contribution in [1.82, 2.24) is 0 Å². The number of hydrogen-bond donors (Lipinski definition) is 3. The van der Waals surface area contributed by atoms with Crippen molar-refractivity contribution in [2.24, 2.45) is 0 Å². The Balaban J connectivity index is 4.45. The summed E-state index contributed by atoms with van der Waals surface area (Å²) in [5.74, 6) is -1.05. The van der Waals surface area contributed by atoms with Crippen molar-refractivity contribution in [1.29, 1.82) is 0 Å². The molecule has 0 aromatic heterocycles. The Labute approximate surface area is 346 Å². The SMILES string of the molecule is CCCCC/C=C/C/C=C/C/C=C/C/C=C/C/C=C/CCC(=O)OC[C@H](COP(=O)(O)OC[C@@H](O)CO)OC(=O)CCCC/C=C/CCCCCCCCCCC. The van der Waals surface area contributed by atoms with Crippen molar-refractivity contribution in [2.75, 3.05) is 26.4 Å². The van der Waals surface area contributed by atoms with Gasteiger partial charge in [-0.3, -0.25) is 18.6 Å². The first-order chi connectivity index (χ1) is 27.7. The zero-order valence-corrected chi connectivity index (χ0v) is 36.4. The Bertz CT molecular complexity index is 1180. The number of phosphoric ester groups is 1. The molecular formula is C46H79O10P. The first-order valence-electron chi connectivity index (χ1n) is 21.9. The number of rotatable bonds is 40. The van der Waals surface area contributed by atoms with Gasteiger partial charge in [0.25, 0.3) is 0 Å². The highest BCUT2D eigenvalue weighted by molar-refractivity contribution is 7.47. The number of ether oxygens (including phenoxy) is 2. The molecule has 0 aromatic rings. The molecule has 11 heteroatoms. The summed E-state index contributed by atoms with van der Waals surface area (Å²) in [5, 5.41) is 18.3. The molecule has 328 valence electrons. The molecule has 0 heterocycles. The van der Waals surface area contributed by atoms with E-state index in [0.717, 1.165) is 44.9 Å². The lowest BCUT2D eigenvalue weighted by Crippen LogP contribution is -2.29. The number of unbranched alkanes of at least 4 members (excludes halogenated alkanes) is 14. The molecule has 3 N–H and O–H groups in total. The van der Waals surface area contributed by atoms with Gasteiger partial charge in [0.1, 0.15) is 12.7 Å². The van der Waals surface area contributed by atoms with Gasteiger partial charge in [0.05, 0.1) is 19.8 Å². The summed E-state index contributed by atoms with van der Waals surface area (Å²) < 4.78 is 32.6. The van der Waals surface area contributed by atoms with Crippen LogP contribution in [-0.2, 0) is 32.7 Å². The highest BCUT2D eigenvalue weighted by Crippen LogP contribution is 2.43. The Morgan fingerprint density at radius 1 is 0.526 bits per heavy atom. The molecule has 0 aliphatic rings. The zero-order valence-electron chi connectivity index (χ0n) is 35.5. The average Bonchev–Trinajstić information content (AvgIpc) is 3.20. The monoisotopic (exact) mass is 823 g/mol. The second kappa shape index (κ2) is 41.6. The number of phosphoric acid groups is 1. The third-order valence-corrected chi connectivity index (χ3v) is 9.80. The maximum absolute atomic E-state index is 12.6. The maximum Gasteiger partial charge on any atom is 0.472 e. The summed E-state index contributed by atoms with van der Waals surface area (Å²) in [7, 11) is -4.64. The summed E-state index contributed by atoms with van der Waals surface area (Å²) in [6.45, 7) is 2.23. The van der Waals surface area contributed by atoms with Gasteiger partial charge in [0.15, 0.2) is 6.10 Å². The minimum absolute atomic E-state index is 0.111. The molecule has 0 amide bonds. The minimum atomic E-state index is -4.64. The fourth-order valence-corrected chi connectivity index (χ4v) is 6.23. The third-order valence-electron chi connectivity index (χ3n) is 8.85. The smallest absolute Gasteiger partial charge is 0.462 e. The lowest BCUT2D eigenvalue weighted by atomic mass is 10.1. The number of aliphatic hydroxyl groups is 2. The molecule has 1 unspecified atom stereocenters. The molecule has 0 aliphatic carbocycles. The van der Waals surface area contributed by atoms with Crippen LogP contribution in [0.15, 0.2) is 72.9 Å². The van der Waals surface area contributed by atoms with Crippen molar-refractivity contribution >= 4 is 19.8 Å². The predicted molar refractivity (Wildman–Crippen MR) is 233 cm³/mol. The van der Waals surface area contributed by atoms with Gasteiger partial charge in [-0.15, -0.1) is 0 Å². The Morgan fingerprint density at radius 2 is 0.947 bits per heavy atom. The number of carbonyl (C=O) groups is 2. The van der Waals surface area contributed by atoms with E-state index in [0.29, 0.717) is 12.8 Å². The summed E-state index contributed by atoms with van der Waals surface area (Å²) in [6, 6.07) is 0. The van der Waals surface area contributed by atoms with Crippen LogP contribution in [0.3, 0.4) is 0 Å². The molecule has 0 fully saturated rings. The van der Waals surface area contributed by atoms with Gasteiger partial charge in [-0.1, -0.05) is 151 Å². The van der Waals surface area contributed by atoms with Crippen LogP contribution >= 0.6 is 7.82 Å². The van der Waals surface area contributed by atoms with E-state index in [1.54, 1.807) is 0 Å². The molecule has 57 heavy (non-hydrogen) atoms. The Morgan fingerprint density at radius 3 is 1.49 bits per heavy atom. The standard InChI is InChI=1S/C46H79O10P/c1-3-5-7-9-11-13-15-17-19-20-21-22-24-25-27-29-31-33-35-37-45(49)53-41-44(42-55-57(51,52)54-40-43(48)39-47)56-46(50)38-36-34-32-30-28-26-23-18-16-14-12-10-8-6-4-2/h11,13,17,19,21-22,25,27-28,30-31,33,43-44,47-48H,3-10,12,14-16,18,20,23-24,26,29,32,34-42H2,1-2H3,(H,51,52)/b13-11+,19-17+,22-21+,27-25+,30-28+,33-31+/t43-,44+/m0/s1. The van der Waals surface area contributed by atoms with E-state index in [9.17, 15) is 24.2 Å². The molecule has 0 aliphatic heterocycles. The second-order valence-electron chi connectivity index (χ2n) is 14.4. The van der Waals surface area contributed by atoms with Crippen LogP contribution in [0.2, 0.25) is 0 Å². The molecule has 3 atom stereocenters. The maximum atomic E-state index is 12.6. The first kappa shape index (κ1) is 54.4. The number of esters is 2. The molecular weight excluding hydrogens is 743 g/mol. The third kappa shape index (κ3) is 41.4. The summed E-state index contributed by atoms with van der Waals surface area (Å²) >= 11 is 0. The average molecular weight is 823 g/mol. The van der Waals surface area contributed by atoms with Crippen LogP contribution in [0.25, 0.3) is 0 Å². The minimum Gasteiger partial charge on any atom is -0.462 e. The molecule has 0 radical (unpaired) electrons. The van der Waals surface area contributed by atoms with Crippen LogP contribution in [0.1, 0.15) is 168 Å². The highest BCUT2D eigenvalue weighted by atomic mass is 31.2. The lowest BCUT2D eigenvalue weighted by Gasteiger charge is -2.20. The van der Waals surface area contributed by atoms with Crippen molar-refractivity contribution in [3.05, 3.63) is 72.9 Å². The van der Waals surface area contributed by atoms with Gasteiger partial charge in [-0.05, 0) is 77.0 Å². The van der Waals surface area contributed by atoms with E-state index in [1.807, 2.05) is 12.2 Å². The lowest BCUT2D eigenvalue weighted by molar-refractivity contribution is -0.161. The van der Waals surface area contributed by atoms with Gasteiger partial charge in [0.2, 0.25) is 0 Å². The summed E-state index contributed by atoms with van der Waals surface area (Å²) in [4.78, 5) is 34.9. The Hall–Kier alpha value is -2.59. The van der Waals surface area contributed by atoms with Gasteiger partial charge in [-0.2, -0.15) is 0 Å². The zero-order chi connectivity index (χ0) is 41.9. The van der Waals surface area contributed by atoms with Crippen molar-refractivity contribution in [3.63, 3.8) is 0 Å². The van der Waals surface area contributed by atoms with Gasteiger partial charge < -0.3 is 24.6 Å². The van der Waals surface area contributed by atoms with Gasteiger partial charge in [0, 0.05) is 12.8 Å². The van der Waals surface area contributed by atoms with Gasteiger partial charge >= 0.3 is 19.8 Å². The van der Waals surface area contributed by atoms with E-state index in [1.165, 1.54) is 83.5 Å². The van der Waals surface area contributed by atoms with Crippen LogP contribution in [0.5, 0.6) is 0 Å². The quantitative estimate of drug-likeness (QED) is 0.0236. The number of allylic oxidation sites excluding steroid dienone is 12. The van der Waals surface area contributed by atoms with E-state index in [-0.39, 0.29) is 19.4 Å². The normalized spacial score (nSPS) is 14.5. The van der Waals surface area contributed by atoms with Crippen molar-refractivity contribution in [3.8, 4) is 0 Å². The molecule has 0 aromatic carbocycles. The summed E-state index contributed by atoms with van der Waals surface area (Å²) in [5.41, 5.74) is 0. The predicted octanol–water partition coefficient (Wildman–Crippen LogP) is 11.7. The number of hydrogen-bond acceptors (Lipinski definition) is 9. The Kier molecular flexibility index (Phi) is 39.7. The van der Waals surface area contributed by atoms with E-state index in [4.69, 9.17) is 19.1 Å². The van der Waals surface area contributed by atoms with E-state index in [2.05, 4.69) is 79.1 Å². The van der Waals surface area contributed by atoms with E-state index >= 15 is 0 Å². The summed E-state index contributed by atoms with van der Waals surface area (Å²) in [6.07, 6.45) is 47.4. The van der Waals surface area contributed by atoms with Crippen LogP contribution in [0, 0.1) is 0 Å². The molecule has 0 saturated carbocycles. The fourth-order valence-electron chi connectivity index (χ4n) is 5.44. The number of carbonyl (C=O) groups excluding carboxylic acids is 2. The molecule has 10 nitrogen and oxygen atoms in total. The molecule has 0 rings (SSSR count). The van der Waals surface area contributed by atoms with E-state index < -0.39 is 51.8 Å². The van der Waals surface area contributed by atoms with Crippen molar-refractivity contribution in [2.45, 2.75) is 180 Å². The van der Waals surface area contributed by atoms with Crippen LogP contribution < -0.4 is 0 Å². The van der Waals surface area contributed by atoms with Crippen molar-refractivity contribution < 1.29 is 47.8 Å². The molecule has 0 spiro atoms.